The summed E-state index contributed by atoms with van der Waals surface area (Å²) < 4.78 is 0. The molecule has 4 aliphatic heterocycles. The molecule has 9 aromatic carbocycles. The zero-order valence-electron chi connectivity index (χ0n) is 34.5. The monoisotopic (exact) mass is 840 g/mol. The lowest BCUT2D eigenvalue weighted by atomic mass is 9.52. The predicted octanol–water partition coefficient (Wildman–Crippen LogP) is 12.9. The summed E-state index contributed by atoms with van der Waals surface area (Å²) in [4.78, 5) is 12.6. The van der Waals surface area contributed by atoms with E-state index in [1.807, 2.05) is 23.2 Å². The summed E-state index contributed by atoms with van der Waals surface area (Å²) in [6, 6.07) is 78.1. The number of hydrogen-bond acceptors (Lipinski definition) is 6. The van der Waals surface area contributed by atoms with Crippen LogP contribution in [0.5, 0.6) is 0 Å². The van der Waals surface area contributed by atoms with Crippen LogP contribution in [-0.2, 0) is 0 Å². The van der Waals surface area contributed by atoms with Crippen LogP contribution in [0, 0.1) is 6.92 Å². The van der Waals surface area contributed by atoms with Gasteiger partial charge in [0, 0.05) is 66.7 Å². The van der Waals surface area contributed by atoms with Gasteiger partial charge in [-0.3, -0.25) is 0 Å². The Labute approximate surface area is 377 Å². The first-order chi connectivity index (χ1) is 31.2. The van der Waals surface area contributed by atoms with Gasteiger partial charge in [-0.1, -0.05) is 115 Å². The molecule has 4 heterocycles. The molecule has 4 aliphatic rings. The maximum absolute atomic E-state index is 2.61. The molecule has 0 spiro atoms. The fourth-order valence-corrected chi connectivity index (χ4v) is 13.2. The second kappa shape index (κ2) is 14.6. The third-order valence-corrected chi connectivity index (χ3v) is 15.6. The fraction of sp³-hybridized carbons (Fsp3) is 0.0182. The van der Waals surface area contributed by atoms with Gasteiger partial charge in [0.1, 0.15) is 0 Å². The highest BCUT2D eigenvalue weighted by Gasteiger charge is 2.47. The van der Waals surface area contributed by atoms with Crippen molar-refractivity contribution in [1.82, 2.24) is 0 Å². The number of anilines is 12. The predicted molar refractivity (Wildman–Crippen MR) is 272 cm³/mol. The summed E-state index contributed by atoms with van der Waals surface area (Å²) in [6.45, 7) is 2.38. The van der Waals surface area contributed by atoms with Crippen LogP contribution < -0.4 is 41.5 Å². The first-order valence-corrected chi connectivity index (χ1v) is 23.3. The Bertz CT molecular complexity index is 3030. The molecular formula is C55H38B2N4S2. The number of benzene rings is 9. The molecule has 0 aromatic heterocycles. The van der Waals surface area contributed by atoms with E-state index in [9.17, 15) is 0 Å². The zero-order valence-corrected chi connectivity index (χ0v) is 36.1. The molecule has 0 atom stereocenters. The van der Waals surface area contributed by atoms with Gasteiger partial charge in [-0.05, 0) is 131 Å². The van der Waals surface area contributed by atoms with Gasteiger partial charge in [-0.2, -0.15) is 23.2 Å². The van der Waals surface area contributed by atoms with E-state index in [2.05, 4.69) is 239 Å². The van der Waals surface area contributed by atoms with Gasteiger partial charge in [-0.25, -0.2) is 0 Å². The Balaban J connectivity index is 1.14. The van der Waals surface area contributed by atoms with E-state index >= 15 is 0 Å². The van der Waals surface area contributed by atoms with Gasteiger partial charge >= 0.3 is 0 Å². The van der Waals surface area contributed by atoms with Crippen LogP contribution in [-0.4, -0.2) is 12.0 Å². The van der Waals surface area contributed by atoms with Crippen LogP contribution in [0.15, 0.2) is 222 Å². The van der Waals surface area contributed by atoms with Crippen LogP contribution in [0.3, 0.4) is 0 Å². The van der Waals surface area contributed by atoms with Crippen molar-refractivity contribution in [2.24, 2.45) is 0 Å². The fourth-order valence-electron chi connectivity index (χ4n) is 10.4. The Morgan fingerprint density at radius 1 is 0.317 bits per heavy atom. The van der Waals surface area contributed by atoms with Crippen LogP contribution in [0.1, 0.15) is 5.56 Å². The van der Waals surface area contributed by atoms with Crippen molar-refractivity contribution in [1.29, 1.82) is 0 Å². The largest absolute Gasteiger partial charge is 0.311 e. The molecular weight excluding hydrogens is 802 g/mol. The van der Waals surface area contributed by atoms with E-state index in [-0.39, 0.29) is 12.0 Å². The van der Waals surface area contributed by atoms with Crippen LogP contribution in [0.2, 0.25) is 0 Å². The lowest BCUT2D eigenvalue weighted by Crippen LogP contribution is -2.55. The molecule has 0 aliphatic carbocycles. The Kier molecular flexibility index (Phi) is 8.46. The van der Waals surface area contributed by atoms with E-state index in [1.54, 1.807) is 0 Å². The summed E-state index contributed by atoms with van der Waals surface area (Å²) in [7, 11) is 0. The number of rotatable bonds is 4. The Morgan fingerprint density at radius 3 is 1.00 bits per heavy atom. The number of para-hydroxylation sites is 6. The molecule has 8 heteroatoms. The molecule has 63 heavy (non-hydrogen) atoms. The molecule has 13 rings (SSSR count). The molecule has 0 bridgehead atoms. The van der Waals surface area contributed by atoms with Crippen molar-refractivity contribution < 1.29 is 0 Å². The molecule has 0 fully saturated rings. The average molecular weight is 841 g/mol. The van der Waals surface area contributed by atoms with Gasteiger partial charge in [0.05, 0.1) is 11.4 Å². The summed E-state index contributed by atoms with van der Waals surface area (Å²) in [5.74, 6) is 0.0199. The maximum Gasteiger partial charge on any atom is 0.287 e. The van der Waals surface area contributed by atoms with Crippen molar-refractivity contribution in [2.45, 2.75) is 16.7 Å². The quantitative estimate of drug-likeness (QED) is 0.163. The molecule has 296 valence electrons. The standard InChI is InChI=1S/C55H38B2N4S2/c1-37-54-42(56-52-46(30-18-32-48(52)60(54)40-24-10-4-11-25-40)58(38-20-6-2-7-21-38)44-28-14-16-34-50(44)62-56)36-43-55(37)61(41-26-12-5-13-27-41)49-33-19-31-47-53(49)57(43)63-51-35-17-15-29-45(51)59(47)39-22-8-3-9-23-39/h2-36H,1H3. The molecule has 0 saturated heterocycles. The van der Waals surface area contributed by atoms with E-state index in [0.717, 1.165) is 22.7 Å². The van der Waals surface area contributed by atoms with Crippen molar-refractivity contribution in [3.8, 4) is 0 Å². The second-order valence-electron chi connectivity index (χ2n) is 16.4. The third-order valence-electron chi connectivity index (χ3n) is 12.9. The van der Waals surface area contributed by atoms with Crippen molar-refractivity contribution in [2.75, 3.05) is 19.6 Å². The average Bonchev–Trinajstić information content (AvgIpc) is 3.59. The summed E-state index contributed by atoms with van der Waals surface area (Å²) in [5.41, 5.74) is 20.9. The van der Waals surface area contributed by atoms with Crippen LogP contribution >= 0.6 is 23.2 Å². The summed E-state index contributed by atoms with van der Waals surface area (Å²) >= 11 is 3.97. The number of nitrogens with zero attached hydrogens (tertiary/aromatic N) is 4. The summed E-state index contributed by atoms with van der Waals surface area (Å²) in [5, 5.41) is 0. The summed E-state index contributed by atoms with van der Waals surface area (Å²) in [6.07, 6.45) is 0. The van der Waals surface area contributed by atoms with E-state index in [0.29, 0.717) is 0 Å². The topological polar surface area (TPSA) is 13.0 Å². The minimum Gasteiger partial charge on any atom is -0.311 e. The minimum atomic E-state index is 0.00993. The number of fused-ring (bicyclic) bond motifs is 6. The van der Waals surface area contributed by atoms with Crippen molar-refractivity contribution in [3.63, 3.8) is 0 Å². The van der Waals surface area contributed by atoms with Crippen molar-refractivity contribution in [3.05, 3.63) is 218 Å². The maximum atomic E-state index is 2.61. The lowest BCUT2D eigenvalue weighted by Gasteiger charge is -2.43. The van der Waals surface area contributed by atoms with Gasteiger partial charge in [0.25, 0.3) is 12.0 Å². The molecule has 0 unspecified atom stereocenters. The highest BCUT2D eigenvalue weighted by Crippen LogP contribution is 2.53. The second-order valence-corrected chi connectivity index (χ2v) is 18.7. The first-order valence-electron chi connectivity index (χ1n) is 21.6. The Morgan fingerprint density at radius 2 is 0.619 bits per heavy atom. The lowest BCUT2D eigenvalue weighted by molar-refractivity contribution is 1.21. The first kappa shape index (κ1) is 36.6. The van der Waals surface area contributed by atoms with Gasteiger partial charge < -0.3 is 19.6 Å². The van der Waals surface area contributed by atoms with Gasteiger partial charge in [0.2, 0.25) is 0 Å². The highest BCUT2D eigenvalue weighted by molar-refractivity contribution is 8.28. The normalized spacial score (nSPS) is 14.1. The van der Waals surface area contributed by atoms with Gasteiger partial charge in [0.15, 0.2) is 0 Å². The van der Waals surface area contributed by atoms with E-state index in [4.69, 9.17) is 0 Å². The Hall–Kier alpha value is -6.99. The zero-order chi connectivity index (χ0) is 41.6. The van der Waals surface area contributed by atoms with E-state index < -0.39 is 0 Å². The number of hydrogen-bond donors (Lipinski definition) is 0. The van der Waals surface area contributed by atoms with Crippen molar-refractivity contribution >= 4 is 125 Å². The molecule has 0 N–H and O–H groups in total. The van der Waals surface area contributed by atoms with Crippen LogP contribution in [0.25, 0.3) is 0 Å². The van der Waals surface area contributed by atoms with E-state index in [1.165, 1.54) is 82.7 Å². The molecule has 9 aromatic rings. The smallest absolute Gasteiger partial charge is 0.287 e. The molecule has 0 radical (unpaired) electrons. The molecule has 0 amide bonds. The minimum absolute atomic E-state index is 0.00993. The van der Waals surface area contributed by atoms with Gasteiger partial charge in [-0.15, -0.1) is 0 Å². The molecule has 0 saturated carbocycles. The highest BCUT2D eigenvalue weighted by atomic mass is 32.2. The third kappa shape index (κ3) is 5.54. The SMILES string of the molecule is Cc1c2c(cc3c1N(c1ccccc1)c1cccc4c1B3Sc1ccccc1N4c1ccccc1)B1Sc3ccccc3N(c3ccccc3)c3cccc(c31)N2c1ccccc1. The molecule has 4 nitrogen and oxygen atoms in total. The van der Waals surface area contributed by atoms with Crippen LogP contribution in [0.4, 0.5) is 68.2 Å².